The Morgan fingerprint density at radius 3 is 2.04 bits per heavy atom. The van der Waals surface area contributed by atoms with Crippen molar-refractivity contribution in [2.24, 2.45) is 17.3 Å². The minimum absolute atomic E-state index is 0.00715. The third-order valence-corrected chi connectivity index (χ3v) is 9.69. The summed E-state index contributed by atoms with van der Waals surface area (Å²) >= 11 is 0. The van der Waals surface area contributed by atoms with E-state index in [0.717, 1.165) is 6.92 Å². The van der Waals surface area contributed by atoms with E-state index >= 15 is 0 Å². The molecule has 2 saturated carbocycles. The molecule has 1 heterocycles. The Hall–Kier alpha value is -3.51. The minimum atomic E-state index is -1.99. The maximum absolute atomic E-state index is 13.7. The van der Waals surface area contributed by atoms with Crippen LogP contribution in [-0.4, -0.2) is 82.8 Å². The number of esters is 5. The first kappa shape index (κ1) is 34.4. The number of hydrogen-bond donors (Lipinski definition) is 1. The number of carbonyl (C=O) groups excluding carboxylic acids is 5. The van der Waals surface area contributed by atoms with E-state index in [4.69, 9.17) is 28.4 Å². The van der Waals surface area contributed by atoms with Crippen molar-refractivity contribution in [2.75, 3.05) is 6.61 Å². The van der Waals surface area contributed by atoms with Gasteiger partial charge in [0.05, 0.1) is 22.7 Å². The molecule has 9 atom stereocenters. The zero-order valence-electron chi connectivity index (χ0n) is 27.1. The fraction of sp³-hybridized carbons (Fsp3) is 0.667. The van der Waals surface area contributed by atoms with Gasteiger partial charge in [-0.05, 0) is 45.7 Å². The quantitative estimate of drug-likeness (QED) is 0.313. The first-order chi connectivity index (χ1) is 20.9. The summed E-state index contributed by atoms with van der Waals surface area (Å²) in [6.07, 6.45) is -5.09. The van der Waals surface area contributed by atoms with Crippen LogP contribution in [0.3, 0.4) is 0 Å². The molecule has 1 aromatic rings. The average molecular weight is 633 g/mol. The molecule has 4 rings (SSSR count). The van der Waals surface area contributed by atoms with Crippen molar-refractivity contribution in [1.82, 2.24) is 0 Å². The molecular weight excluding hydrogens is 588 g/mol. The van der Waals surface area contributed by atoms with Gasteiger partial charge in [-0.25, -0.2) is 4.79 Å². The molecule has 45 heavy (non-hydrogen) atoms. The monoisotopic (exact) mass is 632 g/mol. The largest absolute Gasteiger partial charge is 0.464 e. The van der Waals surface area contributed by atoms with E-state index in [1.807, 2.05) is 6.92 Å². The summed E-state index contributed by atoms with van der Waals surface area (Å²) in [6, 6.07) is 8.20. The van der Waals surface area contributed by atoms with Crippen molar-refractivity contribution >= 4 is 29.8 Å². The summed E-state index contributed by atoms with van der Waals surface area (Å²) in [7, 11) is 0. The Kier molecular flexibility index (Phi) is 9.43. The van der Waals surface area contributed by atoms with Gasteiger partial charge in [0.25, 0.3) is 0 Å². The molecule has 0 aromatic heterocycles. The first-order valence-electron chi connectivity index (χ1n) is 15.3. The Labute approximate surface area is 263 Å². The first-order valence-corrected chi connectivity index (χ1v) is 15.3. The zero-order chi connectivity index (χ0) is 33.5. The molecule has 2 bridgehead atoms. The second kappa shape index (κ2) is 12.4. The summed E-state index contributed by atoms with van der Waals surface area (Å²) in [5.74, 6) is -4.69. The van der Waals surface area contributed by atoms with Crippen LogP contribution in [0.5, 0.6) is 0 Å². The molecule has 1 N–H and O–H groups in total. The van der Waals surface area contributed by atoms with Gasteiger partial charge in [0, 0.05) is 33.1 Å². The van der Waals surface area contributed by atoms with E-state index in [-0.39, 0.29) is 18.4 Å². The number of aliphatic hydroxyl groups is 1. The van der Waals surface area contributed by atoms with Crippen molar-refractivity contribution in [3.8, 4) is 0 Å². The van der Waals surface area contributed by atoms with Crippen molar-refractivity contribution in [3.05, 3.63) is 35.9 Å². The third kappa shape index (κ3) is 5.82. The summed E-state index contributed by atoms with van der Waals surface area (Å²) in [4.78, 5) is 64.8. The van der Waals surface area contributed by atoms with Gasteiger partial charge in [0.1, 0.15) is 30.3 Å². The molecule has 3 aliphatic rings. The molecule has 1 saturated heterocycles. The number of ether oxygens (including phenoxy) is 6. The standard InChI is InChI=1S/C33H44O12/c1-9-18(2)28(37)40-17-32-25(44-29(38)22-13-11-10-12-14-22)15-23-26(42-20(4)35)33(32,45-30(23,6)7)31(8,39)16-24(41-19(3)34)27(32)43-21(5)36/h10-14,18,23-27,39H,9,15-17H2,1-8H3/t18?,23-,24+,25+,26-,27+,31+,32-,33+/m1/s1. The van der Waals surface area contributed by atoms with Crippen molar-refractivity contribution < 1.29 is 57.5 Å². The fourth-order valence-electron chi connectivity index (χ4n) is 7.67. The lowest BCUT2D eigenvalue weighted by Crippen LogP contribution is -2.83. The Bertz CT molecular complexity index is 1320. The molecule has 12 heteroatoms. The zero-order valence-corrected chi connectivity index (χ0v) is 27.1. The average Bonchev–Trinajstić information content (AvgIpc) is 3.11. The highest BCUT2D eigenvalue weighted by molar-refractivity contribution is 5.89. The van der Waals surface area contributed by atoms with Gasteiger partial charge in [-0.3, -0.25) is 19.2 Å². The van der Waals surface area contributed by atoms with Crippen LogP contribution in [0.15, 0.2) is 30.3 Å². The third-order valence-electron chi connectivity index (χ3n) is 9.69. The Morgan fingerprint density at radius 2 is 1.49 bits per heavy atom. The molecule has 1 spiro atoms. The molecule has 0 amide bonds. The van der Waals surface area contributed by atoms with Gasteiger partial charge in [0.2, 0.25) is 0 Å². The predicted octanol–water partition coefficient (Wildman–Crippen LogP) is 3.31. The van der Waals surface area contributed by atoms with E-state index in [2.05, 4.69) is 0 Å². The highest BCUT2D eigenvalue weighted by atomic mass is 16.6. The van der Waals surface area contributed by atoms with Crippen molar-refractivity contribution in [1.29, 1.82) is 0 Å². The van der Waals surface area contributed by atoms with E-state index in [1.165, 1.54) is 20.8 Å². The molecule has 3 fully saturated rings. The second-order valence-corrected chi connectivity index (χ2v) is 13.2. The van der Waals surface area contributed by atoms with Crippen LogP contribution in [-0.2, 0) is 47.6 Å². The van der Waals surface area contributed by atoms with Crippen molar-refractivity contribution in [3.63, 3.8) is 0 Å². The lowest BCUT2D eigenvalue weighted by atomic mass is 9.46. The maximum Gasteiger partial charge on any atom is 0.338 e. The van der Waals surface area contributed by atoms with Crippen LogP contribution in [0.1, 0.15) is 85.0 Å². The van der Waals surface area contributed by atoms with Gasteiger partial charge >= 0.3 is 29.8 Å². The molecule has 1 aromatic carbocycles. The summed E-state index contributed by atoms with van der Waals surface area (Å²) in [5, 5.41) is 12.5. The molecule has 1 unspecified atom stereocenters. The fourth-order valence-corrected chi connectivity index (χ4v) is 7.67. The molecule has 2 aliphatic carbocycles. The summed E-state index contributed by atoms with van der Waals surface area (Å²) in [6.45, 7) is 11.4. The van der Waals surface area contributed by atoms with Crippen LogP contribution in [0.2, 0.25) is 0 Å². The van der Waals surface area contributed by atoms with Crippen LogP contribution in [0.4, 0.5) is 0 Å². The summed E-state index contributed by atoms with van der Waals surface area (Å²) < 4.78 is 36.6. The van der Waals surface area contributed by atoms with Gasteiger partial charge < -0.3 is 33.5 Å². The van der Waals surface area contributed by atoms with Gasteiger partial charge in [-0.1, -0.05) is 32.0 Å². The lowest BCUT2D eigenvalue weighted by Gasteiger charge is -2.65. The highest BCUT2D eigenvalue weighted by Crippen LogP contribution is 2.69. The van der Waals surface area contributed by atoms with Gasteiger partial charge in [-0.15, -0.1) is 0 Å². The second-order valence-electron chi connectivity index (χ2n) is 13.2. The lowest BCUT2D eigenvalue weighted by molar-refractivity contribution is -0.356. The predicted molar refractivity (Wildman–Crippen MR) is 156 cm³/mol. The minimum Gasteiger partial charge on any atom is -0.464 e. The van der Waals surface area contributed by atoms with E-state index in [1.54, 1.807) is 51.1 Å². The number of rotatable bonds is 9. The number of carbonyl (C=O) groups is 5. The summed E-state index contributed by atoms with van der Waals surface area (Å²) in [5.41, 5.74) is -6.81. The Morgan fingerprint density at radius 1 is 0.911 bits per heavy atom. The van der Waals surface area contributed by atoms with E-state index < -0.39 is 94.9 Å². The number of fused-ring (bicyclic) bond motifs is 1. The van der Waals surface area contributed by atoms with Gasteiger partial charge in [0.15, 0.2) is 11.7 Å². The van der Waals surface area contributed by atoms with Gasteiger partial charge in [-0.2, -0.15) is 0 Å². The smallest absolute Gasteiger partial charge is 0.338 e. The highest BCUT2D eigenvalue weighted by Gasteiger charge is 2.86. The molecule has 248 valence electrons. The molecular formula is C33H44O12. The normalized spacial score (nSPS) is 35.3. The topological polar surface area (TPSA) is 161 Å². The number of hydrogen-bond acceptors (Lipinski definition) is 12. The van der Waals surface area contributed by atoms with E-state index in [0.29, 0.717) is 6.42 Å². The molecule has 1 aliphatic heterocycles. The maximum atomic E-state index is 13.7. The van der Waals surface area contributed by atoms with Crippen LogP contribution in [0.25, 0.3) is 0 Å². The van der Waals surface area contributed by atoms with Crippen LogP contribution in [0, 0.1) is 17.3 Å². The molecule has 12 nitrogen and oxygen atoms in total. The SMILES string of the molecule is CCC(C)C(=O)OC[C@]12[C@@H](OC(=O)c3ccccc3)C[C@@H]3[C@@H](OC(C)=O)[C@]1(OC3(C)C)[C@@](C)(O)C[C@H](OC(C)=O)[C@@H]2OC(C)=O. The Balaban J connectivity index is 2.06. The van der Waals surface area contributed by atoms with E-state index in [9.17, 15) is 29.1 Å². The number of benzene rings is 1. The van der Waals surface area contributed by atoms with Crippen molar-refractivity contribution in [2.45, 2.75) is 116 Å². The molecule has 0 radical (unpaired) electrons. The van der Waals surface area contributed by atoms with Crippen LogP contribution >= 0.6 is 0 Å². The van der Waals surface area contributed by atoms with Crippen LogP contribution < -0.4 is 0 Å².